The molecule has 0 saturated heterocycles. The Morgan fingerprint density at radius 2 is 1.88 bits per heavy atom. The van der Waals surface area contributed by atoms with Crippen molar-refractivity contribution in [3.05, 3.63) is 48.6 Å². The molecule has 0 aromatic heterocycles. The van der Waals surface area contributed by atoms with Crippen LogP contribution in [0.4, 0.5) is 0 Å². The van der Waals surface area contributed by atoms with E-state index in [0.717, 1.165) is 5.56 Å². The predicted molar refractivity (Wildman–Crippen MR) is 66.4 cm³/mol. The smallest absolute Gasteiger partial charge is 0.105 e. The van der Waals surface area contributed by atoms with Crippen LogP contribution in [0.2, 0.25) is 0 Å². The van der Waals surface area contributed by atoms with Gasteiger partial charge in [-0.25, -0.2) is 0 Å². The van der Waals surface area contributed by atoms with Gasteiger partial charge in [0.2, 0.25) is 0 Å². The minimum absolute atomic E-state index is 0.461. The van der Waals surface area contributed by atoms with Gasteiger partial charge in [0.05, 0.1) is 12.6 Å². The largest absolute Gasteiger partial charge is 0.394 e. The quantitative estimate of drug-likeness (QED) is 0.505. The van der Waals surface area contributed by atoms with E-state index in [2.05, 4.69) is 11.9 Å². The van der Waals surface area contributed by atoms with Crippen molar-refractivity contribution in [2.45, 2.75) is 24.8 Å². The number of nitrogens with one attached hydrogen (secondary N) is 1. The Morgan fingerprint density at radius 1 is 1.24 bits per heavy atom. The second-order valence-electron chi connectivity index (χ2n) is 3.87. The molecule has 0 fully saturated rings. The van der Waals surface area contributed by atoms with Crippen molar-refractivity contribution in [3.8, 4) is 0 Å². The average molecular weight is 237 g/mol. The first-order valence-electron chi connectivity index (χ1n) is 5.56. The third-order valence-corrected chi connectivity index (χ3v) is 2.59. The van der Waals surface area contributed by atoms with Crippen LogP contribution in [-0.4, -0.2) is 40.2 Å². The fraction of sp³-hybridized carbons (Fsp3) is 0.385. The Morgan fingerprint density at radius 3 is 2.41 bits per heavy atom. The highest BCUT2D eigenvalue weighted by Gasteiger charge is 2.22. The van der Waals surface area contributed by atoms with E-state index in [9.17, 15) is 10.2 Å². The molecule has 0 spiro atoms. The molecule has 4 nitrogen and oxygen atoms in total. The van der Waals surface area contributed by atoms with E-state index in [4.69, 9.17) is 5.11 Å². The van der Waals surface area contributed by atoms with E-state index in [-0.39, 0.29) is 0 Å². The van der Waals surface area contributed by atoms with Crippen molar-refractivity contribution in [3.63, 3.8) is 0 Å². The monoisotopic (exact) mass is 237 g/mol. The van der Waals surface area contributed by atoms with E-state index < -0.39 is 24.9 Å². The summed E-state index contributed by atoms with van der Waals surface area (Å²) in [6.45, 7) is 3.68. The van der Waals surface area contributed by atoms with Crippen LogP contribution in [0.5, 0.6) is 0 Å². The molecule has 1 aromatic carbocycles. The third-order valence-electron chi connectivity index (χ3n) is 2.59. The summed E-state index contributed by atoms with van der Waals surface area (Å²) in [6, 6.07) is 9.25. The van der Waals surface area contributed by atoms with Gasteiger partial charge in [-0.05, 0) is 5.56 Å². The van der Waals surface area contributed by atoms with Gasteiger partial charge in [-0.1, -0.05) is 36.4 Å². The van der Waals surface area contributed by atoms with E-state index in [1.165, 1.54) is 6.08 Å². The van der Waals surface area contributed by atoms with Crippen LogP contribution in [0.3, 0.4) is 0 Å². The minimum atomic E-state index is -1.17. The Kier molecular flexibility index (Phi) is 5.86. The molecule has 3 atom stereocenters. The molecule has 4 N–H and O–H groups in total. The van der Waals surface area contributed by atoms with Crippen molar-refractivity contribution in [2.75, 3.05) is 6.61 Å². The summed E-state index contributed by atoms with van der Waals surface area (Å²) < 4.78 is 0. The van der Waals surface area contributed by atoms with Gasteiger partial charge in [0.1, 0.15) is 12.2 Å². The summed E-state index contributed by atoms with van der Waals surface area (Å²) in [5.41, 5.74) is 1.07. The molecule has 17 heavy (non-hydrogen) atoms. The molecule has 4 heteroatoms. The van der Waals surface area contributed by atoms with Crippen molar-refractivity contribution in [1.82, 2.24) is 5.32 Å². The van der Waals surface area contributed by atoms with Gasteiger partial charge < -0.3 is 20.6 Å². The maximum absolute atomic E-state index is 9.71. The van der Waals surface area contributed by atoms with Crippen molar-refractivity contribution in [2.24, 2.45) is 0 Å². The van der Waals surface area contributed by atoms with E-state index in [0.29, 0.717) is 6.54 Å². The average Bonchev–Trinajstić information content (AvgIpc) is 2.39. The van der Waals surface area contributed by atoms with Crippen LogP contribution < -0.4 is 5.32 Å². The maximum atomic E-state index is 9.71. The Bertz CT molecular complexity index is 329. The number of hydrogen-bond donors (Lipinski definition) is 4. The van der Waals surface area contributed by atoms with Crippen molar-refractivity contribution in [1.29, 1.82) is 0 Å². The highest BCUT2D eigenvalue weighted by atomic mass is 16.4. The van der Waals surface area contributed by atoms with Crippen LogP contribution in [-0.2, 0) is 6.54 Å². The standard InChI is InChI=1S/C13H19NO3/c1-2-11(13(17)12(16)9-15)14-8-10-6-4-3-5-7-10/h2-7,11-17H,1,8-9H2/t11-,12-,13+/m1/s1. The van der Waals surface area contributed by atoms with Crippen LogP contribution in [0.15, 0.2) is 43.0 Å². The van der Waals surface area contributed by atoms with Gasteiger partial charge >= 0.3 is 0 Å². The molecule has 0 bridgehead atoms. The molecular weight excluding hydrogens is 218 g/mol. The van der Waals surface area contributed by atoms with Crippen LogP contribution in [0.25, 0.3) is 0 Å². The molecule has 0 aliphatic carbocycles. The zero-order chi connectivity index (χ0) is 12.7. The van der Waals surface area contributed by atoms with Gasteiger partial charge in [0.25, 0.3) is 0 Å². The molecule has 0 radical (unpaired) electrons. The SMILES string of the molecule is C=C[C@@H](NCc1ccccc1)[C@H](O)[C@H](O)CO. The van der Waals surface area contributed by atoms with Crippen LogP contribution >= 0.6 is 0 Å². The molecular formula is C13H19NO3. The molecule has 0 amide bonds. The fourth-order valence-electron chi connectivity index (χ4n) is 1.52. The highest BCUT2D eigenvalue weighted by molar-refractivity contribution is 5.14. The summed E-state index contributed by atoms with van der Waals surface area (Å²) in [7, 11) is 0. The summed E-state index contributed by atoms with van der Waals surface area (Å²) in [5, 5.41) is 30.9. The summed E-state index contributed by atoms with van der Waals surface area (Å²) in [5.74, 6) is 0. The maximum Gasteiger partial charge on any atom is 0.105 e. The number of rotatable bonds is 7. The molecule has 1 aromatic rings. The second-order valence-corrected chi connectivity index (χ2v) is 3.87. The number of aliphatic hydroxyl groups excluding tert-OH is 3. The molecule has 0 heterocycles. The van der Waals surface area contributed by atoms with E-state index in [1.807, 2.05) is 30.3 Å². The third kappa shape index (κ3) is 4.28. The molecule has 0 saturated carbocycles. The Hall–Kier alpha value is -1.20. The highest BCUT2D eigenvalue weighted by Crippen LogP contribution is 2.04. The predicted octanol–water partition coefficient (Wildman–Crippen LogP) is 0.0449. The molecule has 0 aliphatic heterocycles. The van der Waals surface area contributed by atoms with Crippen molar-refractivity contribution >= 4 is 0 Å². The Balaban J connectivity index is 2.50. The first-order valence-corrected chi connectivity index (χ1v) is 5.56. The summed E-state index contributed by atoms with van der Waals surface area (Å²) in [4.78, 5) is 0. The lowest BCUT2D eigenvalue weighted by atomic mass is 10.1. The minimum Gasteiger partial charge on any atom is -0.394 e. The zero-order valence-electron chi connectivity index (χ0n) is 9.66. The fourth-order valence-corrected chi connectivity index (χ4v) is 1.52. The molecule has 94 valence electrons. The normalized spacial score (nSPS) is 16.2. The summed E-state index contributed by atoms with van der Waals surface area (Å²) >= 11 is 0. The first-order chi connectivity index (χ1) is 8.19. The van der Waals surface area contributed by atoms with Gasteiger partial charge in [-0.3, -0.25) is 0 Å². The zero-order valence-corrected chi connectivity index (χ0v) is 9.66. The lowest BCUT2D eigenvalue weighted by molar-refractivity contribution is -0.0245. The van der Waals surface area contributed by atoms with Crippen molar-refractivity contribution < 1.29 is 15.3 Å². The van der Waals surface area contributed by atoms with Crippen LogP contribution in [0.1, 0.15) is 5.56 Å². The second kappa shape index (κ2) is 7.19. The van der Waals surface area contributed by atoms with Gasteiger partial charge in [0, 0.05) is 6.54 Å². The summed E-state index contributed by atoms with van der Waals surface area (Å²) in [6.07, 6.45) is -0.713. The molecule has 0 aliphatic rings. The lowest BCUT2D eigenvalue weighted by Crippen LogP contribution is -2.46. The first kappa shape index (κ1) is 13.9. The molecule has 1 rings (SSSR count). The Labute approximate surface area is 101 Å². The lowest BCUT2D eigenvalue weighted by Gasteiger charge is -2.24. The number of hydrogen-bond acceptors (Lipinski definition) is 4. The van der Waals surface area contributed by atoms with Gasteiger partial charge in [-0.2, -0.15) is 0 Å². The van der Waals surface area contributed by atoms with E-state index >= 15 is 0 Å². The van der Waals surface area contributed by atoms with Crippen LogP contribution in [0, 0.1) is 0 Å². The number of benzene rings is 1. The van der Waals surface area contributed by atoms with Gasteiger partial charge in [0.15, 0.2) is 0 Å². The topological polar surface area (TPSA) is 72.7 Å². The van der Waals surface area contributed by atoms with E-state index in [1.54, 1.807) is 0 Å². The van der Waals surface area contributed by atoms with Gasteiger partial charge in [-0.15, -0.1) is 6.58 Å². The molecule has 0 unspecified atom stereocenters. The number of aliphatic hydroxyl groups is 3.